The number of benzene rings is 2. The van der Waals surface area contributed by atoms with E-state index in [4.69, 9.17) is 4.74 Å². The van der Waals surface area contributed by atoms with Crippen LogP contribution in [0.25, 0.3) is 0 Å². The van der Waals surface area contributed by atoms with E-state index in [0.29, 0.717) is 23.5 Å². The molecule has 0 aromatic heterocycles. The van der Waals surface area contributed by atoms with Crippen LogP contribution < -0.4 is 15.4 Å². The molecule has 0 fully saturated rings. The van der Waals surface area contributed by atoms with Crippen LogP contribution in [0.2, 0.25) is 0 Å². The summed E-state index contributed by atoms with van der Waals surface area (Å²) in [6.07, 6.45) is 1.95. The van der Waals surface area contributed by atoms with Crippen LogP contribution in [-0.4, -0.2) is 31.2 Å². The van der Waals surface area contributed by atoms with Crippen molar-refractivity contribution in [2.24, 2.45) is 0 Å². The Morgan fingerprint density at radius 2 is 1.81 bits per heavy atom. The first-order chi connectivity index (χ1) is 13.1. The van der Waals surface area contributed by atoms with Crippen LogP contribution in [0.3, 0.4) is 0 Å². The number of carbonyl (C=O) groups excluding carboxylic acids is 2. The average Bonchev–Trinajstić information content (AvgIpc) is 2.69. The molecule has 2 amide bonds. The molecule has 27 heavy (non-hydrogen) atoms. The minimum atomic E-state index is -0.162. The van der Waals surface area contributed by atoms with Gasteiger partial charge in [-0.1, -0.05) is 37.6 Å². The van der Waals surface area contributed by atoms with Crippen molar-refractivity contribution in [3.05, 3.63) is 59.7 Å². The first-order valence-electron chi connectivity index (χ1n) is 9.01. The van der Waals surface area contributed by atoms with Gasteiger partial charge in [0.2, 0.25) is 5.91 Å². The van der Waals surface area contributed by atoms with Crippen LogP contribution in [0.5, 0.6) is 5.75 Å². The molecular weight excluding hydrogens is 360 g/mol. The third kappa shape index (κ3) is 6.98. The number of amides is 2. The lowest BCUT2D eigenvalue weighted by Crippen LogP contribution is -2.26. The monoisotopic (exact) mass is 386 g/mol. The molecule has 0 spiro atoms. The number of hydrogen-bond donors (Lipinski definition) is 2. The van der Waals surface area contributed by atoms with E-state index >= 15 is 0 Å². The highest BCUT2D eigenvalue weighted by Crippen LogP contribution is 2.18. The van der Waals surface area contributed by atoms with Gasteiger partial charge in [0.25, 0.3) is 5.91 Å². The number of carbonyl (C=O) groups is 2. The number of rotatable bonds is 10. The highest BCUT2D eigenvalue weighted by molar-refractivity contribution is 7.99. The summed E-state index contributed by atoms with van der Waals surface area (Å²) in [7, 11) is 1.63. The highest BCUT2D eigenvalue weighted by atomic mass is 32.2. The van der Waals surface area contributed by atoms with E-state index in [1.807, 2.05) is 30.3 Å². The lowest BCUT2D eigenvalue weighted by molar-refractivity contribution is -0.113. The number of anilines is 1. The molecule has 0 atom stereocenters. The number of ether oxygens (including phenoxy) is 1. The third-order valence-electron chi connectivity index (χ3n) is 3.92. The van der Waals surface area contributed by atoms with Gasteiger partial charge >= 0.3 is 0 Å². The summed E-state index contributed by atoms with van der Waals surface area (Å²) in [5, 5.41) is 5.73. The van der Waals surface area contributed by atoms with Gasteiger partial charge in [0.1, 0.15) is 5.75 Å². The fourth-order valence-corrected chi connectivity index (χ4v) is 3.22. The van der Waals surface area contributed by atoms with E-state index in [1.165, 1.54) is 11.8 Å². The highest BCUT2D eigenvalue weighted by Gasteiger charge is 2.12. The zero-order chi connectivity index (χ0) is 19.5. The standard InChI is InChI=1S/C21H26N2O3S/c1-3-4-13-22-21(25)18-7-5-6-8-19(18)23-20(24)15-27-14-16-9-11-17(26-2)12-10-16/h5-12H,3-4,13-15H2,1-2H3,(H,22,25)(H,23,24). The molecule has 6 heteroatoms. The van der Waals surface area contributed by atoms with E-state index in [2.05, 4.69) is 17.6 Å². The maximum atomic E-state index is 12.3. The number of para-hydroxylation sites is 1. The van der Waals surface area contributed by atoms with Crippen molar-refractivity contribution in [2.45, 2.75) is 25.5 Å². The first-order valence-corrected chi connectivity index (χ1v) is 10.2. The molecule has 5 nitrogen and oxygen atoms in total. The number of unbranched alkanes of at least 4 members (excludes halogenated alkanes) is 1. The SMILES string of the molecule is CCCCNC(=O)c1ccccc1NC(=O)CSCc1ccc(OC)cc1. The van der Waals surface area contributed by atoms with E-state index in [9.17, 15) is 9.59 Å². The average molecular weight is 387 g/mol. The van der Waals surface area contributed by atoms with Crippen LogP contribution >= 0.6 is 11.8 Å². The van der Waals surface area contributed by atoms with Crippen molar-refractivity contribution in [3.63, 3.8) is 0 Å². The van der Waals surface area contributed by atoms with Gasteiger partial charge in [0.15, 0.2) is 0 Å². The molecular formula is C21H26N2O3S. The van der Waals surface area contributed by atoms with Gasteiger partial charge in [-0.25, -0.2) is 0 Å². The minimum absolute atomic E-state index is 0.123. The Hall–Kier alpha value is -2.47. The molecule has 0 saturated heterocycles. The molecule has 0 aliphatic carbocycles. The zero-order valence-electron chi connectivity index (χ0n) is 15.8. The summed E-state index contributed by atoms with van der Waals surface area (Å²) in [5.74, 6) is 1.58. The van der Waals surface area contributed by atoms with E-state index in [0.717, 1.165) is 29.9 Å². The predicted molar refractivity (Wildman–Crippen MR) is 111 cm³/mol. The molecule has 0 heterocycles. The van der Waals surface area contributed by atoms with Crippen LogP contribution in [0.15, 0.2) is 48.5 Å². The van der Waals surface area contributed by atoms with Crippen molar-refractivity contribution in [1.82, 2.24) is 5.32 Å². The summed E-state index contributed by atoms with van der Waals surface area (Å²) < 4.78 is 5.14. The fraction of sp³-hybridized carbons (Fsp3) is 0.333. The van der Waals surface area contributed by atoms with Gasteiger partial charge < -0.3 is 15.4 Å². The van der Waals surface area contributed by atoms with Crippen molar-refractivity contribution in [2.75, 3.05) is 24.7 Å². The van der Waals surface area contributed by atoms with Crippen molar-refractivity contribution >= 4 is 29.3 Å². The van der Waals surface area contributed by atoms with E-state index in [1.54, 1.807) is 25.3 Å². The van der Waals surface area contributed by atoms with Crippen LogP contribution in [-0.2, 0) is 10.5 Å². The Balaban J connectivity index is 1.85. The summed E-state index contributed by atoms with van der Waals surface area (Å²) >= 11 is 1.52. The smallest absolute Gasteiger partial charge is 0.253 e. The molecule has 2 rings (SSSR count). The molecule has 0 saturated carbocycles. The van der Waals surface area contributed by atoms with Gasteiger partial charge in [-0.15, -0.1) is 11.8 Å². The van der Waals surface area contributed by atoms with Crippen molar-refractivity contribution in [3.8, 4) is 5.75 Å². The number of hydrogen-bond acceptors (Lipinski definition) is 4. The maximum Gasteiger partial charge on any atom is 0.253 e. The van der Waals surface area contributed by atoms with E-state index in [-0.39, 0.29) is 11.8 Å². The molecule has 0 unspecified atom stereocenters. The molecule has 144 valence electrons. The molecule has 0 bridgehead atoms. The molecule has 0 radical (unpaired) electrons. The van der Waals surface area contributed by atoms with Crippen LogP contribution in [0.1, 0.15) is 35.7 Å². The largest absolute Gasteiger partial charge is 0.497 e. The molecule has 2 N–H and O–H groups in total. The normalized spacial score (nSPS) is 10.3. The Labute approximate surface area is 164 Å². The first kappa shape index (κ1) is 20.8. The number of nitrogens with one attached hydrogen (secondary N) is 2. The number of thioether (sulfide) groups is 1. The van der Waals surface area contributed by atoms with Gasteiger partial charge in [0, 0.05) is 12.3 Å². The minimum Gasteiger partial charge on any atom is -0.497 e. The van der Waals surface area contributed by atoms with Gasteiger partial charge in [0.05, 0.1) is 24.1 Å². The lowest BCUT2D eigenvalue weighted by Gasteiger charge is -2.11. The van der Waals surface area contributed by atoms with Crippen LogP contribution in [0.4, 0.5) is 5.69 Å². The van der Waals surface area contributed by atoms with Gasteiger partial charge in [-0.3, -0.25) is 9.59 Å². The molecule has 2 aromatic carbocycles. The summed E-state index contributed by atoms with van der Waals surface area (Å²) in [4.78, 5) is 24.5. The lowest BCUT2D eigenvalue weighted by atomic mass is 10.1. The Morgan fingerprint density at radius 3 is 2.52 bits per heavy atom. The van der Waals surface area contributed by atoms with Gasteiger partial charge in [-0.2, -0.15) is 0 Å². The summed E-state index contributed by atoms with van der Waals surface area (Å²) in [6.45, 7) is 2.71. The Bertz CT molecular complexity index is 747. The van der Waals surface area contributed by atoms with Crippen molar-refractivity contribution < 1.29 is 14.3 Å². The van der Waals surface area contributed by atoms with E-state index < -0.39 is 0 Å². The Morgan fingerprint density at radius 1 is 1.07 bits per heavy atom. The Kier molecular flexibility index (Phi) is 8.71. The third-order valence-corrected chi connectivity index (χ3v) is 4.93. The maximum absolute atomic E-state index is 12.3. The summed E-state index contributed by atoms with van der Waals surface area (Å²) in [6, 6.07) is 14.9. The fourth-order valence-electron chi connectivity index (χ4n) is 2.43. The topological polar surface area (TPSA) is 67.4 Å². The molecule has 0 aliphatic rings. The second-order valence-electron chi connectivity index (χ2n) is 6.04. The summed E-state index contributed by atoms with van der Waals surface area (Å²) in [5.41, 5.74) is 2.16. The van der Waals surface area contributed by atoms with Gasteiger partial charge in [-0.05, 0) is 36.2 Å². The quantitative estimate of drug-likeness (QED) is 0.604. The van der Waals surface area contributed by atoms with Crippen LogP contribution in [0, 0.1) is 0 Å². The predicted octanol–water partition coefficient (Wildman–Crippen LogP) is 4.10. The molecule has 2 aromatic rings. The zero-order valence-corrected chi connectivity index (χ0v) is 16.6. The molecule has 0 aliphatic heterocycles. The second kappa shape index (κ2) is 11.3. The number of methoxy groups -OCH3 is 1. The van der Waals surface area contributed by atoms with Crippen molar-refractivity contribution in [1.29, 1.82) is 0 Å². The second-order valence-corrected chi connectivity index (χ2v) is 7.03.